The van der Waals surface area contributed by atoms with E-state index in [9.17, 15) is 15.0 Å². The highest BCUT2D eigenvalue weighted by Gasteiger charge is 2.18. The van der Waals surface area contributed by atoms with Gasteiger partial charge in [0.2, 0.25) is 0 Å². The summed E-state index contributed by atoms with van der Waals surface area (Å²) in [5.41, 5.74) is 7.92. The van der Waals surface area contributed by atoms with Gasteiger partial charge in [-0.05, 0) is 23.8 Å². The number of nitrogens with two attached hydrogens (primary N) is 1. The molecule has 7 nitrogen and oxygen atoms in total. The minimum Gasteiger partial charge on any atom is -0.507 e. The third kappa shape index (κ3) is 3.56. The highest BCUT2D eigenvalue weighted by Crippen LogP contribution is 2.21. The quantitative estimate of drug-likeness (QED) is 0.344. The van der Waals surface area contributed by atoms with Gasteiger partial charge in [0.25, 0.3) is 0 Å². The van der Waals surface area contributed by atoms with Gasteiger partial charge in [0.05, 0.1) is 0 Å². The fraction of sp³-hybridized carbons (Fsp3) is 0.105. The second-order valence-corrected chi connectivity index (χ2v) is 5.88. The number of carboxylic acids is 1. The van der Waals surface area contributed by atoms with Gasteiger partial charge in [-0.25, -0.2) is 4.79 Å². The maximum atomic E-state index is 11.6. The van der Waals surface area contributed by atoms with Crippen LogP contribution >= 0.6 is 0 Å². The van der Waals surface area contributed by atoms with Crippen molar-refractivity contribution in [2.24, 2.45) is 10.7 Å². The number of hydrogen-bond acceptors (Lipinski definition) is 4. The Morgan fingerprint density at radius 3 is 2.77 bits per heavy atom. The molecule has 0 radical (unpaired) electrons. The number of aliphatic carboxylic acids is 1. The van der Waals surface area contributed by atoms with Crippen LogP contribution in [0, 0.1) is 5.41 Å². The number of hydrogen-bond donors (Lipinski definition) is 5. The molecule has 0 aliphatic carbocycles. The summed E-state index contributed by atoms with van der Waals surface area (Å²) in [6.07, 6.45) is 3.34. The van der Waals surface area contributed by atoms with Crippen LogP contribution in [0.4, 0.5) is 0 Å². The fourth-order valence-electron chi connectivity index (χ4n) is 2.70. The van der Waals surface area contributed by atoms with Crippen molar-refractivity contribution in [3.05, 3.63) is 65.4 Å². The highest BCUT2D eigenvalue weighted by molar-refractivity contribution is 5.97. The van der Waals surface area contributed by atoms with E-state index in [1.807, 2.05) is 24.3 Å². The van der Waals surface area contributed by atoms with E-state index in [-0.39, 0.29) is 18.0 Å². The fourth-order valence-corrected chi connectivity index (χ4v) is 2.70. The summed E-state index contributed by atoms with van der Waals surface area (Å²) in [7, 11) is 0. The number of carbonyl (C=O) groups is 1. The van der Waals surface area contributed by atoms with Crippen LogP contribution in [0.25, 0.3) is 10.9 Å². The molecule has 0 unspecified atom stereocenters. The molecule has 0 aliphatic heterocycles. The number of carboxylic acid groups (broad SMARTS) is 1. The number of aromatic hydroxyl groups is 1. The van der Waals surface area contributed by atoms with Gasteiger partial charge in [0, 0.05) is 40.9 Å². The number of H-pyrrole nitrogens is 1. The molecular formula is C19H18N4O3. The molecule has 0 amide bonds. The first-order valence-corrected chi connectivity index (χ1v) is 7.94. The minimum absolute atomic E-state index is 0.113. The zero-order valence-corrected chi connectivity index (χ0v) is 13.8. The second-order valence-electron chi connectivity index (χ2n) is 5.88. The molecule has 0 bridgehead atoms. The predicted octanol–water partition coefficient (Wildman–Crippen LogP) is 2.27. The van der Waals surface area contributed by atoms with Crippen molar-refractivity contribution in [1.29, 1.82) is 5.41 Å². The van der Waals surface area contributed by atoms with Gasteiger partial charge in [0.1, 0.15) is 11.6 Å². The van der Waals surface area contributed by atoms with Crippen LogP contribution in [0.1, 0.15) is 16.7 Å². The number of phenolic OH excluding ortho intramolecular Hbond substituents is 1. The van der Waals surface area contributed by atoms with E-state index >= 15 is 0 Å². The third-order valence-corrected chi connectivity index (χ3v) is 4.11. The normalized spacial score (nSPS) is 12.5. The number of fused-ring (bicyclic) bond motifs is 1. The number of aromatic amines is 1. The number of aliphatic imine (C=N–C) groups is 1. The van der Waals surface area contributed by atoms with Crippen molar-refractivity contribution < 1.29 is 15.0 Å². The van der Waals surface area contributed by atoms with Crippen molar-refractivity contribution in [2.45, 2.75) is 12.5 Å². The van der Waals surface area contributed by atoms with E-state index in [1.165, 1.54) is 12.3 Å². The summed E-state index contributed by atoms with van der Waals surface area (Å²) in [5, 5.41) is 27.8. The van der Waals surface area contributed by atoms with Crippen molar-refractivity contribution in [1.82, 2.24) is 4.98 Å². The minimum atomic E-state index is -1.05. The lowest BCUT2D eigenvalue weighted by atomic mass is 10.1. The maximum Gasteiger partial charge on any atom is 0.328 e. The van der Waals surface area contributed by atoms with Gasteiger partial charge in [-0.1, -0.05) is 24.3 Å². The Kier molecular flexibility index (Phi) is 4.70. The number of benzene rings is 2. The van der Waals surface area contributed by atoms with Gasteiger partial charge >= 0.3 is 5.97 Å². The Morgan fingerprint density at radius 2 is 2.08 bits per heavy atom. The number of nitrogen functional groups attached to an aromatic ring is 1. The summed E-state index contributed by atoms with van der Waals surface area (Å²) in [6, 6.07) is 11.1. The van der Waals surface area contributed by atoms with Crippen LogP contribution in [-0.4, -0.2) is 39.3 Å². The molecule has 3 rings (SSSR count). The molecule has 2 aromatic carbocycles. The third-order valence-electron chi connectivity index (χ3n) is 4.11. The first-order valence-electron chi connectivity index (χ1n) is 7.94. The van der Waals surface area contributed by atoms with E-state index in [1.54, 1.807) is 18.3 Å². The largest absolute Gasteiger partial charge is 0.507 e. The average molecular weight is 350 g/mol. The Hall–Kier alpha value is -3.61. The van der Waals surface area contributed by atoms with Gasteiger partial charge in [-0.15, -0.1) is 0 Å². The Bertz CT molecular complexity index is 1010. The van der Waals surface area contributed by atoms with Crippen molar-refractivity contribution >= 4 is 28.9 Å². The lowest BCUT2D eigenvalue weighted by molar-refractivity contribution is -0.138. The van der Waals surface area contributed by atoms with Crippen LogP contribution in [0.2, 0.25) is 0 Å². The van der Waals surface area contributed by atoms with E-state index in [0.717, 1.165) is 16.5 Å². The second kappa shape index (κ2) is 7.10. The number of para-hydroxylation sites is 1. The Morgan fingerprint density at radius 1 is 1.31 bits per heavy atom. The van der Waals surface area contributed by atoms with Crippen molar-refractivity contribution in [3.8, 4) is 5.75 Å². The van der Waals surface area contributed by atoms with Crippen LogP contribution in [-0.2, 0) is 11.2 Å². The Labute approximate surface area is 149 Å². The molecule has 0 spiro atoms. The molecule has 1 atom stereocenters. The summed E-state index contributed by atoms with van der Waals surface area (Å²) in [4.78, 5) is 18.8. The van der Waals surface area contributed by atoms with Crippen LogP contribution in [0.3, 0.4) is 0 Å². The SMILES string of the molecule is N=C(N)c1ccc(C=N[C@H](Cc2c[nH]c3ccccc23)C(=O)O)c(O)c1. The van der Waals surface area contributed by atoms with Crippen LogP contribution in [0.5, 0.6) is 5.75 Å². The summed E-state index contributed by atoms with van der Waals surface area (Å²) >= 11 is 0. The van der Waals surface area contributed by atoms with Crippen LogP contribution in [0.15, 0.2) is 53.7 Å². The lowest BCUT2D eigenvalue weighted by Gasteiger charge is -2.08. The van der Waals surface area contributed by atoms with Crippen molar-refractivity contribution in [2.75, 3.05) is 0 Å². The number of rotatable bonds is 6. The van der Waals surface area contributed by atoms with E-state index in [4.69, 9.17) is 11.1 Å². The smallest absolute Gasteiger partial charge is 0.328 e. The standard InChI is InChI=1S/C19H18N4O3/c20-18(21)11-5-6-12(17(24)8-11)9-23-16(19(25)26)7-13-10-22-15-4-2-1-3-14(13)15/h1-6,8-10,16,22,24H,7H2,(H3,20,21)(H,25,26)/t16-/m1/s1. The summed E-state index contributed by atoms with van der Waals surface area (Å²) < 4.78 is 0. The molecule has 132 valence electrons. The molecule has 1 aromatic heterocycles. The van der Waals surface area contributed by atoms with Gasteiger partial charge < -0.3 is 20.9 Å². The van der Waals surface area contributed by atoms with Gasteiger partial charge in [0.15, 0.2) is 6.04 Å². The lowest BCUT2D eigenvalue weighted by Crippen LogP contribution is -2.20. The monoisotopic (exact) mass is 350 g/mol. The molecule has 1 heterocycles. The molecule has 0 saturated carbocycles. The number of nitrogens with one attached hydrogen (secondary N) is 2. The van der Waals surface area contributed by atoms with Crippen molar-refractivity contribution in [3.63, 3.8) is 0 Å². The zero-order chi connectivity index (χ0) is 18.7. The first-order chi connectivity index (χ1) is 12.5. The Balaban J connectivity index is 1.84. The van der Waals surface area contributed by atoms with Crippen LogP contribution < -0.4 is 5.73 Å². The number of amidine groups is 1. The number of aromatic nitrogens is 1. The zero-order valence-electron chi connectivity index (χ0n) is 13.8. The van der Waals surface area contributed by atoms with E-state index in [0.29, 0.717) is 11.1 Å². The van der Waals surface area contributed by atoms with E-state index < -0.39 is 12.0 Å². The molecule has 6 N–H and O–H groups in total. The maximum absolute atomic E-state index is 11.6. The molecule has 0 saturated heterocycles. The molecule has 3 aromatic rings. The molecule has 0 fully saturated rings. The topological polar surface area (TPSA) is 136 Å². The molecular weight excluding hydrogens is 332 g/mol. The highest BCUT2D eigenvalue weighted by atomic mass is 16.4. The van der Waals surface area contributed by atoms with Gasteiger partial charge in [-0.3, -0.25) is 10.4 Å². The average Bonchev–Trinajstić information content (AvgIpc) is 3.02. The summed E-state index contributed by atoms with van der Waals surface area (Å²) in [5.74, 6) is -1.32. The molecule has 0 aliphatic rings. The number of phenols is 1. The molecule has 7 heteroatoms. The predicted molar refractivity (Wildman–Crippen MR) is 100 cm³/mol. The molecule has 26 heavy (non-hydrogen) atoms. The van der Waals surface area contributed by atoms with E-state index in [2.05, 4.69) is 9.98 Å². The number of nitrogens with zero attached hydrogens (tertiary/aromatic N) is 1. The first kappa shape index (κ1) is 17.2. The van der Waals surface area contributed by atoms with Gasteiger partial charge in [-0.2, -0.15) is 0 Å². The summed E-state index contributed by atoms with van der Waals surface area (Å²) in [6.45, 7) is 0.